The molecule has 0 aliphatic heterocycles. The Balaban J connectivity index is 2.12. The first-order chi connectivity index (χ1) is 9.99. The summed E-state index contributed by atoms with van der Waals surface area (Å²) in [6, 6.07) is 10.7. The Morgan fingerprint density at radius 2 is 1.86 bits per heavy atom. The number of ether oxygens (including phenoxy) is 1. The van der Waals surface area contributed by atoms with Gasteiger partial charge < -0.3 is 4.74 Å². The second-order valence-corrected chi connectivity index (χ2v) is 4.91. The van der Waals surface area contributed by atoms with Crippen molar-refractivity contribution in [2.45, 2.75) is 6.61 Å². The van der Waals surface area contributed by atoms with Crippen molar-refractivity contribution in [3.8, 4) is 0 Å². The molecule has 0 radical (unpaired) electrons. The number of nitro groups is 1. The zero-order valence-electron chi connectivity index (χ0n) is 10.6. The van der Waals surface area contributed by atoms with Crippen LogP contribution in [0.5, 0.6) is 0 Å². The van der Waals surface area contributed by atoms with Crippen LogP contribution in [-0.4, -0.2) is 10.9 Å². The minimum atomic E-state index is -0.685. The molecule has 0 atom stereocenters. The largest absolute Gasteiger partial charge is 0.457 e. The molecular weight excluding hydrogens is 317 g/mol. The Labute approximate surface area is 130 Å². The van der Waals surface area contributed by atoms with Crippen molar-refractivity contribution in [2.75, 3.05) is 0 Å². The van der Waals surface area contributed by atoms with E-state index in [1.54, 1.807) is 24.3 Å². The number of esters is 1. The lowest BCUT2D eigenvalue weighted by molar-refractivity contribution is -0.384. The Morgan fingerprint density at radius 1 is 1.14 bits per heavy atom. The zero-order chi connectivity index (χ0) is 15.4. The van der Waals surface area contributed by atoms with Crippen LogP contribution < -0.4 is 0 Å². The Hall–Kier alpha value is -2.11. The fraction of sp³-hybridized carbons (Fsp3) is 0.0714. The monoisotopic (exact) mass is 325 g/mol. The molecule has 0 unspecified atom stereocenters. The maximum absolute atomic E-state index is 11.9. The quantitative estimate of drug-likeness (QED) is 0.478. The van der Waals surface area contributed by atoms with Crippen LogP contribution in [0.4, 0.5) is 5.69 Å². The Bertz CT molecular complexity index is 703. The number of halogens is 2. The van der Waals surface area contributed by atoms with Gasteiger partial charge in [0, 0.05) is 16.7 Å². The van der Waals surface area contributed by atoms with Crippen molar-refractivity contribution in [1.82, 2.24) is 0 Å². The predicted molar refractivity (Wildman–Crippen MR) is 78.7 cm³/mol. The van der Waals surface area contributed by atoms with Gasteiger partial charge in [-0.3, -0.25) is 10.1 Å². The summed E-state index contributed by atoms with van der Waals surface area (Å²) in [5, 5.41) is 11.2. The van der Waals surface area contributed by atoms with Crippen molar-refractivity contribution in [1.29, 1.82) is 0 Å². The van der Waals surface area contributed by atoms with Crippen LogP contribution in [0, 0.1) is 10.1 Å². The molecule has 0 fully saturated rings. The van der Waals surface area contributed by atoms with Gasteiger partial charge in [-0.25, -0.2) is 4.79 Å². The van der Waals surface area contributed by atoms with Gasteiger partial charge in [-0.2, -0.15) is 0 Å². The molecule has 0 heterocycles. The molecule has 0 spiro atoms. The molecule has 0 amide bonds. The predicted octanol–water partition coefficient (Wildman–Crippen LogP) is 4.26. The maximum atomic E-state index is 11.9. The number of carbonyl (C=O) groups excluding carboxylic acids is 1. The van der Waals surface area contributed by atoms with Crippen molar-refractivity contribution >= 4 is 34.9 Å². The first-order valence-corrected chi connectivity index (χ1v) is 6.59. The summed E-state index contributed by atoms with van der Waals surface area (Å²) in [4.78, 5) is 22.0. The number of benzene rings is 2. The SMILES string of the molecule is O=C(OCc1ccccc1Cl)c1ccc(Cl)c([N+](=O)[O-])c1. The Kier molecular flexibility index (Phi) is 4.77. The van der Waals surface area contributed by atoms with Crippen LogP contribution in [0.2, 0.25) is 10.0 Å². The van der Waals surface area contributed by atoms with E-state index >= 15 is 0 Å². The zero-order valence-corrected chi connectivity index (χ0v) is 12.1. The summed E-state index contributed by atoms with van der Waals surface area (Å²) in [6.45, 7) is -0.0189. The molecule has 0 saturated carbocycles. The van der Waals surface area contributed by atoms with Crippen molar-refractivity contribution in [3.05, 3.63) is 73.8 Å². The lowest BCUT2D eigenvalue weighted by Gasteiger charge is -2.06. The summed E-state index contributed by atoms with van der Waals surface area (Å²) < 4.78 is 5.08. The van der Waals surface area contributed by atoms with E-state index in [2.05, 4.69) is 0 Å². The highest BCUT2D eigenvalue weighted by molar-refractivity contribution is 6.32. The van der Waals surface area contributed by atoms with E-state index in [1.807, 2.05) is 0 Å². The molecule has 108 valence electrons. The van der Waals surface area contributed by atoms with Crippen molar-refractivity contribution in [2.24, 2.45) is 0 Å². The Morgan fingerprint density at radius 3 is 2.52 bits per heavy atom. The highest BCUT2D eigenvalue weighted by Gasteiger charge is 2.17. The van der Waals surface area contributed by atoms with E-state index in [1.165, 1.54) is 12.1 Å². The smallest absolute Gasteiger partial charge is 0.338 e. The molecule has 0 aromatic heterocycles. The minimum Gasteiger partial charge on any atom is -0.457 e. The van der Waals surface area contributed by atoms with E-state index in [0.717, 1.165) is 6.07 Å². The van der Waals surface area contributed by atoms with Crippen LogP contribution in [0.25, 0.3) is 0 Å². The van der Waals surface area contributed by atoms with E-state index < -0.39 is 10.9 Å². The highest BCUT2D eigenvalue weighted by atomic mass is 35.5. The second-order valence-electron chi connectivity index (χ2n) is 4.09. The lowest BCUT2D eigenvalue weighted by atomic mass is 10.2. The normalized spacial score (nSPS) is 10.2. The number of nitrogens with zero attached hydrogens (tertiary/aromatic N) is 1. The van der Waals surface area contributed by atoms with Gasteiger partial charge in [0.25, 0.3) is 5.69 Å². The summed E-state index contributed by atoms with van der Waals surface area (Å²) in [6.07, 6.45) is 0. The summed E-state index contributed by atoms with van der Waals surface area (Å²) in [5.74, 6) is -0.685. The van der Waals surface area contributed by atoms with Crippen LogP contribution in [-0.2, 0) is 11.3 Å². The first-order valence-electron chi connectivity index (χ1n) is 5.83. The van der Waals surface area contributed by atoms with Gasteiger partial charge >= 0.3 is 5.97 Å². The molecule has 2 aromatic carbocycles. The van der Waals surface area contributed by atoms with Crippen LogP contribution >= 0.6 is 23.2 Å². The van der Waals surface area contributed by atoms with E-state index in [-0.39, 0.29) is 22.9 Å². The topological polar surface area (TPSA) is 69.4 Å². The molecule has 7 heteroatoms. The van der Waals surface area contributed by atoms with Gasteiger partial charge in [-0.15, -0.1) is 0 Å². The van der Waals surface area contributed by atoms with Gasteiger partial charge in [0.15, 0.2) is 0 Å². The third kappa shape index (κ3) is 3.71. The third-order valence-corrected chi connectivity index (χ3v) is 3.38. The molecule has 0 bridgehead atoms. The molecule has 2 rings (SSSR count). The second kappa shape index (κ2) is 6.56. The van der Waals surface area contributed by atoms with Crippen molar-refractivity contribution < 1.29 is 14.5 Å². The van der Waals surface area contributed by atoms with Crippen LogP contribution in [0.1, 0.15) is 15.9 Å². The first kappa shape index (κ1) is 15.3. The summed E-state index contributed by atoms with van der Waals surface area (Å²) in [5.41, 5.74) is 0.359. The molecule has 0 aliphatic rings. The van der Waals surface area contributed by atoms with Gasteiger partial charge in [-0.05, 0) is 18.2 Å². The van der Waals surface area contributed by atoms with Gasteiger partial charge in [0.05, 0.1) is 10.5 Å². The number of hydrogen-bond acceptors (Lipinski definition) is 4. The van der Waals surface area contributed by atoms with Gasteiger partial charge in [0.2, 0.25) is 0 Å². The van der Waals surface area contributed by atoms with E-state index in [0.29, 0.717) is 10.6 Å². The van der Waals surface area contributed by atoms with Crippen LogP contribution in [0.15, 0.2) is 42.5 Å². The number of hydrogen-bond donors (Lipinski definition) is 0. The van der Waals surface area contributed by atoms with Gasteiger partial charge in [-0.1, -0.05) is 41.4 Å². The average Bonchev–Trinajstić information content (AvgIpc) is 2.46. The third-order valence-electron chi connectivity index (χ3n) is 2.70. The average molecular weight is 326 g/mol. The molecule has 0 N–H and O–H groups in total. The maximum Gasteiger partial charge on any atom is 0.338 e. The lowest BCUT2D eigenvalue weighted by Crippen LogP contribution is -2.06. The van der Waals surface area contributed by atoms with Gasteiger partial charge in [0.1, 0.15) is 11.6 Å². The molecule has 0 aliphatic carbocycles. The molecule has 21 heavy (non-hydrogen) atoms. The van der Waals surface area contributed by atoms with Crippen LogP contribution in [0.3, 0.4) is 0 Å². The summed E-state index contributed by atoms with van der Waals surface area (Å²) >= 11 is 11.6. The summed E-state index contributed by atoms with van der Waals surface area (Å²) in [7, 11) is 0. The standard InChI is InChI=1S/C14H9Cl2NO4/c15-11-4-2-1-3-10(11)8-21-14(18)9-5-6-12(16)13(7-9)17(19)20/h1-7H,8H2. The molecule has 5 nitrogen and oxygen atoms in total. The van der Waals surface area contributed by atoms with E-state index in [4.69, 9.17) is 27.9 Å². The molecular formula is C14H9Cl2NO4. The fourth-order valence-corrected chi connectivity index (χ4v) is 2.00. The number of carbonyl (C=O) groups is 1. The van der Waals surface area contributed by atoms with E-state index in [9.17, 15) is 14.9 Å². The molecule has 0 saturated heterocycles. The number of nitro benzene ring substituents is 1. The van der Waals surface area contributed by atoms with Crippen molar-refractivity contribution in [3.63, 3.8) is 0 Å². The minimum absolute atomic E-state index is 0.0189. The molecule has 2 aromatic rings. The fourth-order valence-electron chi connectivity index (χ4n) is 1.62. The highest BCUT2D eigenvalue weighted by Crippen LogP contribution is 2.25. The number of rotatable bonds is 4.